The average molecular weight is 471 g/mol. The summed E-state index contributed by atoms with van der Waals surface area (Å²) in [4.78, 5) is 50.1. The normalized spacial score (nSPS) is 10.6. The zero-order chi connectivity index (χ0) is 24.9. The molecule has 0 atom stereocenters. The Morgan fingerprint density at radius 3 is 2.31 bits per heavy atom. The van der Waals surface area contributed by atoms with Gasteiger partial charge in [0.05, 0.1) is 12.5 Å². The van der Waals surface area contributed by atoms with Gasteiger partial charge in [-0.3, -0.25) is 19.7 Å². The Morgan fingerprint density at radius 2 is 1.63 bits per heavy atom. The van der Waals surface area contributed by atoms with Crippen molar-refractivity contribution in [1.29, 1.82) is 0 Å². The minimum Gasteiger partial charge on any atom is -0.497 e. The van der Waals surface area contributed by atoms with Crippen LogP contribution in [0.3, 0.4) is 0 Å². The number of carbonyl (C=O) groups excluding carboxylic acids is 3. The lowest BCUT2D eigenvalue weighted by Crippen LogP contribution is -2.34. The lowest BCUT2D eigenvalue weighted by molar-refractivity contribution is -0.123. The number of amides is 2. The van der Waals surface area contributed by atoms with Gasteiger partial charge in [0, 0.05) is 16.7 Å². The van der Waals surface area contributed by atoms with Crippen LogP contribution in [0.4, 0.5) is 0 Å². The molecule has 8 heteroatoms. The summed E-state index contributed by atoms with van der Waals surface area (Å²) in [5.41, 5.74) is 1.11. The fourth-order valence-corrected chi connectivity index (χ4v) is 3.52. The van der Waals surface area contributed by atoms with E-state index >= 15 is 0 Å². The van der Waals surface area contributed by atoms with Crippen LogP contribution < -0.4 is 15.5 Å². The number of hydrogen-bond acceptors (Lipinski definition) is 7. The van der Waals surface area contributed by atoms with Crippen molar-refractivity contribution in [2.75, 3.05) is 13.7 Å². The molecule has 4 rings (SSSR count). The van der Waals surface area contributed by atoms with E-state index in [1.165, 1.54) is 31.4 Å². The lowest BCUT2D eigenvalue weighted by Gasteiger charge is -2.10. The van der Waals surface area contributed by atoms with Crippen molar-refractivity contribution in [3.8, 4) is 17.1 Å². The van der Waals surface area contributed by atoms with E-state index in [0.717, 1.165) is 0 Å². The monoisotopic (exact) mass is 471 g/mol. The summed E-state index contributed by atoms with van der Waals surface area (Å²) >= 11 is 0. The predicted octanol–water partition coefficient (Wildman–Crippen LogP) is 3.89. The Morgan fingerprint density at radius 1 is 0.914 bits per heavy atom. The predicted molar refractivity (Wildman–Crippen MR) is 128 cm³/mol. The van der Waals surface area contributed by atoms with Crippen LogP contribution in [0.25, 0.3) is 22.3 Å². The second-order valence-corrected chi connectivity index (χ2v) is 7.62. The van der Waals surface area contributed by atoms with Crippen molar-refractivity contribution < 1.29 is 28.3 Å². The largest absolute Gasteiger partial charge is 0.497 e. The summed E-state index contributed by atoms with van der Waals surface area (Å²) in [6, 6.07) is 19.7. The second-order valence-electron chi connectivity index (χ2n) is 7.62. The SMILES string of the molecule is COc1ccc(C(=O)NC(=O)COC(=O)c2cccc3c(=O)c(C)c(-c4ccccc4)oc23)cc1. The number of fused-ring (bicyclic) bond motifs is 1. The van der Waals surface area contributed by atoms with Gasteiger partial charge in [0.1, 0.15) is 17.1 Å². The van der Waals surface area contributed by atoms with Gasteiger partial charge in [-0.05, 0) is 43.3 Å². The highest BCUT2D eigenvalue weighted by molar-refractivity contribution is 6.06. The van der Waals surface area contributed by atoms with Gasteiger partial charge >= 0.3 is 5.97 Å². The Balaban J connectivity index is 1.52. The van der Waals surface area contributed by atoms with Gasteiger partial charge in [-0.2, -0.15) is 0 Å². The third kappa shape index (κ3) is 4.96. The number of ether oxygens (including phenoxy) is 2. The summed E-state index contributed by atoms with van der Waals surface area (Å²) in [6.45, 7) is 0.960. The first-order valence-corrected chi connectivity index (χ1v) is 10.7. The van der Waals surface area contributed by atoms with E-state index in [-0.39, 0.29) is 27.5 Å². The standard InChI is InChI=1S/C27H21NO7/c1-16-23(30)20-9-6-10-21(25(20)35-24(16)17-7-4-3-5-8-17)27(32)34-15-22(29)28-26(31)18-11-13-19(33-2)14-12-18/h3-14H,15H2,1-2H3,(H,28,29,31). The zero-order valence-corrected chi connectivity index (χ0v) is 19.0. The molecule has 0 bridgehead atoms. The molecule has 3 aromatic carbocycles. The molecule has 0 unspecified atom stereocenters. The quantitative estimate of drug-likeness (QED) is 0.425. The van der Waals surface area contributed by atoms with Crippen LogP contribution in [0.5, 0.6) is 5.75 Å². The molecule has 35 heavy (non-hydrogen) atoms. The molecule has 0 aliphatic heterocycles. The first-order valence-electron chi connectivity index (χ1n) is 10.7. The van der Waals surface area contributed by atoms with Crippen LogP contribution in [-0.2, 0) is 9.53 Å². The van der Waals surface area contributed by atoms with E-state index in [1.807, 2.05) is 18.2 Å². The van der Waals surface area contributed by atoms with Crippen LogP contribution in [-0.4, -0.2) is 31.5 Å². The second kappa shape index (κ2) is 10.0. The van der Waals surface area contributed by atoms with Gasteiger partial charge in [-0.25, -0.2) is 4.79 Å². The Kier molecular flexibility index (Phi) is 6.73. The van der Waals surface area contributed by atoms with E-state index in [9.17, 15) is 19.2 Å². The molecule has 2 amide bonds. The molecule has 0 spiro atoms. The van der Waals surface area contributed by atoms with Gasteiger partial charge in [0.15, 0.2) is 17.6 Å². The molecule has 0 radical (unpaired) electrons. The summed E-state index contributed by atoms with van der Waals surface area (Å²) in [5, 5.41) is 2.37. The van der Waals surface area contributed by atoms with Crippen LogP contribution in [0, 0.1) is 6.92 Å². The summed E-state index contributed by atoms with van der Waals surface area (Å²) < 4.78 is 16.1. The number of rotatable bonds is 6. The highest BCUT2D eigenvalue weighted by Crippen LogP contribution is 2.27. The van der Waals surface area contributed by atoms with Crippen molar-refractivity contribution in [2.24, 2.45) is 0 Å². The third-order valence-electron chi connectivity index (χ3n) is 5.34. The number of carbonyl (C=O) groups is 3. The maximum Gasteiger partial charge on any atom is 0.342 e. The highest BCUT2D eigenvalue weighted by atomic mass is 16.5. The summed E-state index contributed by atoms with van der Waals surface area (Å²) in [5.74, 6) is -1.41. The molecule has 0 fully saturated rings. The molecule has 1 aromatic heterocycles. The summed E-state index contributed by atoms with van der Waals surface area (Å²) in [6.07, 6.45) is 0. The van der Waals surface area contributed by atoms with Crippen molar-refractivity contribution >= 4 is 28.8 Å². The molecule has 8 nitrogen and oxygen atoms in total. The molecule has 4 aromatic rings. The lowest BCUT2D eigenvalue weighted by atomic mass is 10.0. The molecule has 0 saturated carbocycles. The van der Waals surface area contributed by atoms with Gasteiger partial charge in [-0.1, -0.05) is 36.4 Å². The topological polar surface area (TPSA) is 112 Å². The van der Waals surface area contributed by atoms with E-state index < -0.39 is 24.4 Å². The maximum absolute atomic E-state index is 12.9. The fourth-order valence-electron chi connectivity index (χ4n) is 3.52. The Labute approximate surface area is 200 Å². The molecule has 176 valence electrons. The molecule has 1 N–H and O–H groups in total. The summed E-state index contributed by atoms with van der Waals surface area (Å²) in [7, 11) is 1.50. The first kappa shape index (κ1) is 23.4. The van der Waals surface area contributed by atoms with E-state index in [2.05, 4.69) is 5.32 Å². The van der Waals surface area contributed by atoms with Gasteiger partial charge in [0.2, 0.25) is 0 Å². The number of hydrogen-bond donors (Lipinski definition) is 1. The highest BCUT2D eigenvalue weighted by Gasteiger charge is 2.20. The molecule has 0 saturated heterocycles. The maximum atomic E-state index is 12.9. The van der Waals surface area contributed by atoms with E-state index in [1.54, 1.807) is 37.3 Å². The number of esters is 1. The van der Waals surface area contributed by atoms with Gasteiger partial charge < -0.3 is 13.9 Å². The molecule has 0 aliphatic rings. The van der Waals surface area contributed by atoms with Crippen molar-refractivity contribution in [3.05, 3.63) is 99.7 Å². The first-order chi connectivity index (χ1) is 16.9. The van der Waals surface area contributed by atoms with E-state index in [0.29, 0.717) is 22.6 Å². The zero-order valence-electron chi connectivity index (χ0n) is 19.0. The van der Waals surface area contributed by atoms with Crippen LogP contribution >= 0.6 is 0 Å². The van der Waals surface area contributed by atoms with Gasteiger partial charge in [0.25, 0.3) is 11.8 Å². The van der Waals surface area contributed by atoms with E-state index in [4.69, 9.17) is 13.9 Å². The smallest absolute Gasteiger partial charge is 0.342 e. The molecular formula is C27H21NO7. The minimum absolute atomic E-state index is 0.00828. The number of methoxy groups -OCH3 is 1. The third-order valence-corrected chi connectivity index (χ3v) is 5.34. The fraction of sp³-hybridized carbons (Fsp3) is 0.111. The number of benzene rings is 3. The number of imide groups is 1. The number of para-hydroxylation sites is 1. The molecular weight excluding hydrogens is 450 g/mol. The Bertz CT molecular complexity index is 1470. The van der Waals surface area contributed by atoms with Crippen LogP contribution in [0.1, 0.15) is 26.3 Å². The van der Waals surface area contributed by atoms with Crippen molar-refractivity contribution in [3.63, 3.8) is 0 Å². The van der Waals surface area contributed by atoms with Crippen molar-refractivity contribution in [2.45, 2.75) is 6.92 Å². The Hall–Kier alpha value is -4.72. The van der Waals surface area contributed by atoms with Crippen molar-refractivity contribution in [1.82, 2.24) is 5.32 Å². The minimum atomic E-state index is -0.867. The van der Waals surface area contributed by atoms with Crippen LogP contribution in [0.15, 0.2) is 82.0 Å². The van der Waals surface area contributed by atoms with Crippen LogP contribution in [0.2, 0.25) is 0 Å². The van der Waals surface area contributed by atoms with Gasteiger partial charge in [-0.15, -0.1) is 0 Å². The average Bonchev–Trinajstić information content (AvgIpc) is 2.89. The molecule has 1 heterocycles. The molecule has 0 aliphatic carbocycles. The number of nitrogens with one attached hydrogen (secondary N) is 1.